The SMILES string of the molecule is CCNC(COc1ccccc1)Cc1cc(Br)ccc1F. The first-order chi connectivity index (χ1) is 10.2. The largest absolute Gasteiger partial charge is 0.492 e. The molecule has 4 heteroatoms. The highest BCUT2D eigenvalue weighted by Crippen LogP contribution is 2.17. The molecule has 2 nitrogen and oxygen atoms in total. The lowest BCUT2D eigenvalue weighted by atomic mass is 10.1. The molecule has 0 heterocycles. The van der Waals surface area contributed by atoms with Gasteiger partial charge in [0.1, 0.15) is 18.2 Å². The third-order valence-corrected chi connectivity index (χ3v) is 3.65. The maximum absolute atomic E-state index is 13.8. The van der Waals surface area contributed by atoms with Crippen molar-refractivity contribution in [3.8, 4) is 5.75 Å². The first-order valence-electron chi connectivity index (χ1n) is 7.04. The van der Waals surface area contributed by atoms with Gasteiger partial charge in [0.05, 0.1) is 0 Å². The number of rotatable bonds is 7. The first kappa shape index (κ1) is 16.0. The van der Waals surface area contributed by atoms with Crippen LogP contribution in [-0.4, -0.2) is 19.2 Å². The van der Waals surface area contributed by atoms with Gasteiger partial charge in [-0.15, -0.1) is 0 Å². The van der Waals surface area contributed by atoms with Crippen molar-refractivity contribution in [2.24, 2.45) is 0 Å². The van der Waals surface area contributed by atoms with Crippen molar-refractivity contribution in [2.75, 3.05) is 13.2 Å². The maximum atomic E-state index is 13.8. The molecule has 1 atom stereocenters. The molecule has 0 aliphatic rings. The number of halogens is 2. The van der Waals surface area contributed by atoms with Gasteiger partial charge >= 0.3 is 0 Å². The van der Waals surface area contributed by atoms with Gasteiger partial charge in [0, 0.05) is 10.5 Å². The van der Waals surface area contributed by atoms with Crippen LogP contribution >= 0.6 is 15.9 Å². The summed E-state index contributed by atoms with van der Waals surface area (Å²) in [6.45, 7) is 3.36. The van der Waals surface area contributed by atoms with Crippen LogP contribution in [0, 0.1) is 5.82 Å². The average Bonchev–Trinajstić information content (AvgIpc) is 2.50. The predicted octanol–water partition coefficient (Wildman–Crippen LogP) is 4.19. The topological polar surface area (TPSA) is 21.3 Å². The van der Waals surface area contributed by atoms with Gasteiger partial charge in [-0.2, -0.15) is 0 Å². The Kier molecular flexibility index (Phi) is 6.21. The Hall–Kier alpha value is -1.39. The van der Waals surface area contributed by atoms with E-state index >= 15 is 0 Å². The van der Waals surface area contributed by atoms with Gasteiger partial charge in [-0.3, -0.25) is 0 Å². The summed E-state index contributed by atoms with van der Waals surface area (Å²) < 4.78 is 20.5. The predicted molar refractivity (Wildman–Crippen MR) is 87.2 cm³/mol. The van der Waals surface area contributed by atoms with E-state index in [-0.39, 0.29) is 11.9 Å². The second-order valence-corrected chi connectivity index (χ2v) is 5.73. The van der Waals surface area contributed by atoms with E-state index in [0.717, 1.165) is 16.8 Å². The van der Waals surface area contributed by atoms with Gasteiger partial charge in [-0.05, 0) is 48.9 Å². The number of hydrogen-bond acceptors (Lipinski definition) is 2. The normalized spacial score (nSPS) is 12.1. The van der Waals surface area contributed by atoms with E-state index in [9.17, 15) is 4.39 Å². The summed E-state index contributed by atoms with van der Waals surface area (Å²) in [4.78, 5) is 0. The standard InChI is InChI=1S/C17H19BrFNO/c1-2-20-15(12-21-16-6-4-3-5-7-16)11-13-10-14(18)8-9-17(13)19/h3-10,15,20H,2,11-12H2,1H3. The molecular weight excluding hydrogens is 333 g/mol. The fraction of sp³-hybridized carbons (Fsp3) is 0.294. The molecule has 112 valence electrons. The van der Waals surface area contributed by atoms with Crippen molar-refractivity contribution < 1.29 is 9.13 Å². The van der Waals surface area contributed by atoms with Crippen LogP contribution in [0.4, 0.5) is 4.39 Å². The van der Waals surface area contributed by atoms with E-state index in [2.05, 4.69) is 21.2 Å². The Morgan fingerprint density at radius 1 is 1.19 bits per heavy atom. The Balaban J connectivity index is 2.00. The molecule has 0 aliphatic carbocycles. The van der Waals surface area contributed by atoms with Crippen LogP contribution in [0.1, 0.15) is 12.5 Å². The monoisotopic (exact) mass is 351 g/mol. The van der Waals surface area contributed by atoms with E-state index in [4.69, 9.17) is 4.74 Å². The lowest BCUT2D eigenvalue weighted by molar-refractivity contribution is 0.264. The third-order valence-electron chi connectivity index (χ3n) is 3.16. The maximum Gasteiger partial charge on any atom is 0.126 e. The van der Waals surface area contributed by atoms with Crippen molar-refractivity contribution in [1.29, 1.82) is 0 Å². The minimum absolute atomic E-state index is 0.0685. The molecular formula is C17H19BrFNO. The Morgan fingerprint density at radius 3 is 2.67 bits per heavy atom. The van der Waals surface area contributed by atoms with E-state index in [1.165, 1.54) is 6.07 Å². The van der Waals surface area contributed by atoms with Crippen LogP contribution in [0.15, 0.2) is 53.0 Å². The van der Waals surface area contributed by atoms with Crippen molar-refractivity contribution >= 4 is 15.9 Å². The molecule has 0 saturated carbocycles. The average molecular weight is 352 g/mol. The smallest absolute Gasteiger partial charge is 0.126 e. The zero-order valence-electron chi connectivity index (χ0n) is 12.0. The summed E-state index contributed by atoms with van der Waals surface area (Å²) in [6, 6.07) is 14.7. The molecule has 1 unspecified atom stereocenters. The molecule has 2 aromatic rings. The lowest BCUT2D eigenvalue weighted by Crippen LogP contribution is -2.36. The highest BCUT2D eigenvalue weighted by molar-refractivity contribution is 9.10. The number of hydrogen-bond donors (Lipinski definition) is 1. The fourth-order valence-electron chi connectivity index (χ4n) is 2.16. The van der Waals surface area contributed by atoms with E-state index < -0.39 is 0 Å². The van der Waals surface area contributed by atoms with Gasteiger partial charge in [0.25, 0.3) is 0 Å². The minimum Gasteiger partial charge on any atom is -0.492 e. The van der Waals surface area contributed by atoms with Crippen molar-refractivity contribution in [1.82, 2.24) is 5.32 Å². The van der Waals surface area contributed by atoms with Gasteiger partial charge in [0.15, 0.2) is 0 Å². The zero-order valence-corrected chi connectivity index (χ0v) is 13.6. The molecule has 0 aliphatic heterocycles. The van der Waals surface area contributed by atoms with Crippen LogP contribution in [0.2, 0.25) is 0 Å². The van der Waals surface area contributed by atoms with Crippen molar-refractivity contribution in [3.05, 3.63) is 64.4 Å². The number of ether oxygens (including phenoxy) is 1. The van der Waals surface area contributed by atoms with Crippen LogP contribution < -0.4 is 10.1 Å². The van der Waals surface area contributed by atoms with Gasteiger partial charge < -0.3 is 10.1 Å². The molecule has 21 heavy (non-hydrogen) atoms. The number of para-hydroxylation sites is 1. The molecule has 0 amide bonds. The van der Waals surface area contributed by atoms with E-state index in [1.807, 2.05) is 43.3 Å². The summed E-state index contributed by atoms with van der Waals surface area (Å²) >= 11 is 3.38. The summed E-state index contributed by atoms with van der Waals surface area (Å²) in [6.07, 6.45) is 0.589. The number of likely N-dealkylation sites (N-methyl/N-ethyl adjacent to an activating group) is 1. The highest BCUT2D eigenvalue weighted by Gasteiger charge is 2.13. The summed E-state index contributed by atoms with van der Waals surface area (Å²) in [5.41, 5.74) is 0.687. The minimum atomic E-state index is -0.180. The van der Waals surface area contributed by atoms with E-state index in [0.29, 0.717) is 18.6 Å². The quantitative estimate of drug-likeness (QED) is 0.807. The lowest BCUT2D eigenvalue weighted by Gasteiger charge is -2.19. The molecule has 0 radical (unpaired) electrons. The Bertz CT molecular complexity index is 562. The van der Waals surface area contributed by atoms with E-state index in [1.54, 1.807) is 6.07 Å². The molecule has 2 rings (SSSR count). The molecule has 0 saturated heterocycles. The second-order valence-electron chi connectivity index (χ2n) is 4.82. The number of benzene rings is 2. The van der Waals surface area contributed by atoms with Crippen LogP contribution in [0.3, 0.4) is 0 Å². The molecule has 0 bridgehead atoms. The van der Waals surface area contributed by atoms with Crippen LogP contribution in [0.5, 0.6) is 5.75 Å². The molecule has 0 fully saturated rings. The molecule has 2 aromatic carbocycles. The molecule has 0 aromatic heterocycles. The van der Waals surface area contributed by atoms with Gasteiger partial charge in [-0.25, -0.2) is 4.39 Å². The molecule has 1 N–H and O–H groups in total. The Morgan fingerprint density at radius 2 is 1.95 bits per heavy atom. The van der Waals surface area contributed by atoms with Gasteiger partial charge in [-0.1, -0.05) is 41.1 Å². The summed E-state index contributed by atoms with van der Waals surface area (Å²) in [7, 11) is 0. The second kappa shape index (κ2) is 8.15. The van der Waals surface area contributed by atoms with Crippen molar-refractivity contribution in [2.45, 2.75) is 19.4 Å². The van der Waals surface area contributed by atoms with Gasteiger partial charge in [0.2, 0.25) is 0 Å². The fourth-order valence-corrected chi connectivity index (χ4v) is 2.57. The highest BCUT2D eigenvalue weighted by atomic mass is 79.9. The van der Waals surface area contributed by atoms with Crippen LogP contribution in [0.25, 0.3) is 0 Å². The summed E-state index contributed by atoms with van der Waals surface area (Å²) in [5, 5.41) is 3.34. The number of nitrogens with one attached hydrogen (secondary N) is 1. The van der Waals surface area contributed by atoms with Crippen molar-refractivity contribution in [3.63, 3.8) is 0 Å². The Labute approximate surface area is 133 Å². The van der Waals surface area contributed by atoms with Crippen LogP contribution in [-0.2, 0) is 6.42 Å². The zero-order chi connectivity index (χ0) is 15.1. The molecule has 0 spiro atoms. The first-order valence-corrected chi connectivity index (χ1v) is 7.83. The third kappa shape index (κ3) is 5.14. The summed E-state index contributed by atoms with van der Waals surface area (Å²) in [5.74, 6) is 0.649.